The van der Waals surface area contributed by atoms with Crippen molar-refractivity contribution in [1.82, 2.24) is 4.90 Å². The van der Waals surface area contributed by atoms with Crippen molar-refractivity contribution in [3.8, 4) is 5.75 Å². The van der Waals surface area contributed by atoms with Gasteiger partial charge in [-0.15, -0.1) is 0 Å². The van der Waals surface area contributed by atoms with E-state index >= 15 is 0 Å². The summed E-state index contributed by atoms with van der Waals surface area (Å²) in [6, 6.07) is 8.21. The Hall–Kier alpha value is -1.55. The molecule has 0 radical (unpaired) electrons. The summed E-state index contributed by atoms with van der Waals surface area (Å²) in [6.45, 7) is 5.05. The second-order valence-electron chi connectivity index (χ2n) is 5.78. The molecule has 1 aliphatic heterocycles. The third-order valence-corrected chi connectivity index (χ3v) is 4.11. The summed E-state index contributed by atoms with van der Waals surface area (Å²) in [5, 5.41) is 0. The number of primary amides is 1. The molecule has 1 heterocycles. The number of hydrogen-bond donors (Lipinski definition) is 1. The van der Waals surface area contributed by atoms with Crippen LogP contribution >= 0.6 is 0 Å². The van der Waals surface area contributed by atoms with Gasteiger partial charge in [-0.2, -0.15) is 0 Å². The van der Waals surface area contributed by atoms with Crippen molar-refractivity contribution in [1.29, 1.82) is 0 Å². The molecule has 2 rings (SSSR count). The lowest BCUT2D eigenvalue weighted by Gasteiger charge is -2.17. The van der Waals surface area contributed by atoms with E-state index in [2.05, 4.69) is 17.0 Å². The molecule has 0 bridgehead atoms. The minimum absolute atomic E-state index is 0.0130. The van der Waals surface area contributed by atoms with Crippen molar-refractivity contribution >= 4 is 5.91 Å². The normalized spacial score (nSPS) is 20.8. The van der Waals surface area contributed by atoms with Gasteiger partial charge in [0.1, 0.15) is 5.75 Å². The highest BCUT2D eigenvalue weighted by Gasteiger charge is 2.25. The number of nitrogens with zero attached hydrogens (tertiary/aromatic N) is 1. The van der Waals surface area contributed by atoms with Crippen LogP contribution in [-0.4, -0.2) is 31.0 Å². The van der Waals surface area contributed by atoms with Crippen LogP contribution in [0.1, 0.15) is 25.3 Å². The number of carbonyl (C=O) groups excluding carboxylic acids is 1. The van der Waals surface area contributed by atoms with E-state index in [0.717, 1.165) is 38.2 Å². The largest absolute Gasteiger partial charge is 0.497 e. The maximum Gasteiger partial charge on any atom is 0.220 e. The quantitative estimate of drug-likeness (QED) is 0.865. The zero-order valence-corrected chi connectivity index (χ0v) is 12.3. The van der Waals surface area contributed by atoms with Crippen LogP contribution in [-0.2, 0) is 11.3 Å². The number of nitrogens with two attached hydrogens (primary N) is 1. The van der Waals surface area contributed by atoms with Gasteiger partial charge in [-0.25, -0.2) is 0 Å². The first-order chi connectivity index (χ1) is 9.58. The molecule has 0 aromatic heterocycles. The predicted molar refractivity (Wildman–Crippen MR) is 79.4 cm³/mol. The van der Waals surface area contributed by atoms with Gasteiger partial charge in [0.15, 0.2) is 0 Å². The molecular formula is C16H24N2O2. The molecule has 0 spiro atoms. The average Bonchev–Trinajstić information content (AvgIpc) is 2.86. The lowest BCUT2D eigenvalue weighted by molar-refractivity contribution is -0.121. The van der Waals surface area contributed by atoms with Crippen LogP contribution < -0.4 is 10.5 Å². The van der Waals surface area contributed by atoms with Crippen molar-refractivity contribution in [3.05, 3.63) is 29.8 Å². The molecule has 0 aliphatic carbocycles. The van der Waals surface area contributed by atoms with Crippen molar-refractivity contribution in [3.63, 3.8) is 0 Å². The second kappa shape index (κ2) is 6.75. The Balaban J connectivity index is 1.82. The first-order valence-corrected chi connectivity index (χ1v) is 7.23. The molecule has 1 fully saturated rings. The van der Waals surface area contributed by atoms with Crippen molar-refractivity contribution in [2.24, 2.45) is 17.6 Å². The topological polar surface area (TPSA) is 55.6 Å². The summed E-state index contributed by atoms with van der Waals surface area (Å²) < 4.78 is 5.16. The highest BCUT2D eigenvalue weighted by molar-refractivity contribution is 5.76. The molecule has 4 heteroatoms. The Morgan fingerprint density at radius 3 is 2.75 bits per heavy atom. The van der Waals surface area contributed by atoms with E-state index in [0.29, 0.717) is 5.92 Å². The highest BCUT2D eigenvalue weighted by Crippen LogP contribution is 2.25. The average molecular weight is 276 g/mol. The van der Waals surface area contributed by atoms with Crippen LogP contribution in [0.25, 0.3) is 0 Å². The fourth-order valence-corrected chi connectivity index (χ4v) is 2.85. The fourth-order valence-electron chi connectivity index (χ4n) is 2.85. The lowest BCUT2D eigenvalue weighted by atomic mass is 9.95. The number of hydrogen-bond acceptors (Lipinski definition) is 3. The zero-order valence-electron chi connectivity index (χ0n) is 12.3. The molecular weight excluding hydrogens is 252 g/mol. The monoisotopic (exact) mass is 276 g/mol. The number of methoxy groups -OCH3 is 1. The lowest BCUT2D eigenvalue weighted by Crippen LogP contribution is -2.25. The minimum atomic E-state index is -0.182. The van der Waals surface area contributed by atoms with Gasteiger partial charge in [0.2, 0.25) is 5.91 Å². The zero-order chi connectivity index (χ0) is 14.5. The first-order valence-electron chi connectivity index (χ1n) is 7.23. The maximum atomic E-state index is 11.1. The minimum Gasteiger partial charge on any atom is -0.497 e. The van der Waals surface area contributed by atoms with E-state index in [1.54, 1.807) is 7.11 Å². The molecule has 20 heavy (non-hydrogen) atoms. The van der Waals surface area contributed by atoms with Gasteiger partial charge >= 0.3 is 0 Å². The van der Waals surface area contributed by atoms with Gasteiger partial charge in [0.05, 0.1) is 7.11 Å². The Kier molecular flexibility index (Phi) is 5.01. The van der Waals surface area contributed by atoms with Gasteiger partial charge in [-0.05, 0) is 43.0 Å². The molecule has 1 aliphatic rings. The van der Waals surface area contributed by atoms with Gasteiger partial charge in [-0.3, -0.25) is 9.69 Å². The molecule has 1 aromatic carbocycles. The molecule has 2 unspecified atom stereocenters. The molecule has 0 saturated carbocycles. The van der Waals surface area contributed by atoms with Gasteiger partial charge in [0.25, 0.3) is 0 Å². The van der Waals surface area contributed by atoms with Crippen LogP contribution in [0.15, 0.2) is 24.3 Å². The summed E-state index contributed by atoms with van der Waals surface area (Å²) in [7, 11) is 1.68. The number of benzene rings is 1. The Bertz CT molecular complexity index is 444. The third kappa shape index (κ3) is 3.97. The van der Waals surface area contributed by atoms with Gasteiger partial charge < -0.3 is 10.5 Å². The Labute approximate surface area is 120 Å². The summed E-state index contributed by atoms with van der Waals surface area (Å²) in [4.78, 5) is 13.6. The van der Waals surface area contributed by atoms with E-state index in [-0.39, 0.29) is 11.8 Å². The van der Waals surface area contributed by atoms with Crippen LogP contribution in [0.4, 0.5) is 0 Å². The molecule has 2 atom stereocenters. The number of ether oxygens (including phenoxy) is 1. The molecule has 1 amide bonds. The fraction of sp³-hybridized carbons (Fsp3) is 0.562. The van der Waals surface area contributed by atoms with Crippen molar-refractivity contribution in [2.45, 2.75) is 26.3 Å². The SMILES string of the molecule is COc1ccc(CN2CCC(CC(C)C(N)=O)C2)cc1. The van der Waals surface area contributed by atoms with Crippen molar-refractivity contribution in [2.75, 3.05) is 20.2 Å². The van der Waals surface area contributed by atoms with Crippen LogP contribution in [0.3, 0.4) is 0 Å². The van der Waals surface area contributed by atoms with Crippen molar-refractivity contribution < 1.29 is 9.53 Å². The van der Waals surface area contributed by atoms with E-state index in [1.165, 1.54) is 5.56 Å². The number of likely N-dealkylation sites (tertiary alicyclic amines) is 1. The standard InChI is InChI=1S/C16H24N2O2/c1-12(16(17)19)9-14-7-8-18(11-14)10-13-3-5-15(20-2)6-4-13/h3-6,12,14H,7-11H2,1-2H3,(H2,17,19). The van der Waals surface area contributed by atoms with Crippen LogP contribution in [0, 0.1) is 11.8 Å². The Morgan fingerprint density at radius 1 is 1.45 bits per heavy atom. The number of carbonyl (C=O) groups is 1. The van der Waals surface area contributed by atoms with Gasteiger partial charge in [-0.1, -0.05) is 19.1 Å². The van der Waals surface area contributed by atoms with E-state index in [9.17, 15) is 4.79 Å². The first kappa shape index (κ1) is 14.9. The summed E-state index contributed by atoms with van der Waals surface area (Å²) in [5.41, 5.74) is 6.64. The smallest absolute Gasteiger partial charge is 0.220 e. The maximum absolute atomic E-state index is 11.1. The van der Waals surface area contributed by atoms with E-state index in [4.69, 9.17) is 10.5 Å². The van der Waals surface area contributed by atoms with E-state index in [1.807, 2.05) is 19.1 Å². The highest BCUT2D eigenvalue weighted by atomic mass is 16.5. The molecule has 2 N–H and O–H groups in total. The summed E-state index contributed by atoms with van der Waals surface area (Å²) in [5.74, 6) is 1.29. The van der Waals surface area contributed by atoms with Gasteiger partial charge in [0, 0.05) is 19.0 Å². The molecule has 1 aromatic rings. The predicted octanol–water partition coefficient (Wildman–Crippen LogP) is 2.03. The second-order valence-corrected chi connectivity index (χ2v) is 5.78. The summed E-state index contributed by atoms with van der Waals surface area (Å²) >= 11 is 0. The molecule has 110 valence electrons. The van der Waals surface area contributed by atoms with Crippen LogP contribution in [0.5, 0.6) is 5.75 Å². The molecule has 4 nitrogen and oxygen atoms in total. The third-order valence-electron chi connectivity index (χ3n) is 4.11. The number of amides is 1. The van der Waals surface area contributed by atoms with E-state index < -0.39 is 0 Å². The Morgan fingerprint density at radius 2 is 2.15 bits per heavy atom. The number of rotatable bonds is 6. The summed E-state index contributed by atoms with van der Waals surface area (Å²) in [6.07, 6.45) is 2.07. The van der Waals surface area contributed by atoms with Crippen LogP contribution in [0.2, 0.25) is 0 Å². The molecule has 1 saturated heterocycles.